The van der Waals surface area contributed by atoms with Crippen LogP contribution in [0.5, 0.6) is 0 Å². The van der Waals surface area contributed by atoms with Gasteiger partial charge in [0.1, 0.15) is 0 Å². The summed E-state index contributed by atoms with van der Waals surface area (Å²) in [5.74, 6) is 0.257. The van der Waals surface area contributed by atoms with Gasteiger partial charge in [0.2, 0.25) is 0 Å². The van der Waals surface area contributed by atoms with Gasteiger partial charge in [0.15, 0.2) is 0 Å². The Morgan fingerprint density at radius 3 is 2.12 bits per heavy atom. The summed E-state index contributed by atoms with van der Waals surface area (Å²) in [6, 6.07) is 26.7. The van der Waals surface area contributed by atoms with Crippen molar-refractivity contribution in [3.8, 4) is 24.0 Å². The summed E-state index contributed by atoms with van der Waals surface area (Å²) in [4.78, 5) is 0. The maximum atomic E-state index is 4.67. The molecule has 3 aromatic rings. The van der Waals surface area contributed by atoms with Crippen molar-refractivity contribution in [1.29, 1.82) is 0 Å². The van der Waals surface area contributed by atoms with Gasteiger partial charge in [-0.1, -0.05) is 220 Å². The molecule has 3 aliphatic carbocycles. The lowest BCUT2D eigenvalue weighted by Gasteiger charge is -2.40. The maximum Gasteiger partial charge on any atom is 0.0722 e. The van der Waals surface area contributed by atoms with Gasteiger partial charge in [0.05, 0.1) is 5.41 Å². The summed E-state index contributed by atoms with van der Waals surface area (Å²) in [6.07, 6.45) is 40.4. The summed E-state index contributed by atoms with van der Waals surface area (Å²) < 4.78 is 0. The van der Waals surface area contributed by atoms with Gasteiger partial charge in [-0.3, -0.25) is 0 Å². The molecule has 0 saturated carbocycles. The van der Waals surface area contributed by atoms with Gasteiger partial charge in [-0.2, -0.15) is 0 Å². The van der Waals surface area contributed by atoms with Crippen LogP contribution in [-0.4, -0.2) is 0 Å². The smallest absolute Gasteiger partial charge is 0.0722 e. The first kappa shape index (κ1) is 48.2. The SMILES string of the molecule is C#C.C=CC(=C(\C=C)C(C)(c1ccccc1)C1C=CC=CC1)/C(C=C)=C/C=C(\C)c1ccc2c(c1)C1(C(/C=C\C)=C(C)C(=C)/C1=C\C=C/CC)c1ccccc1-2.CC.CC. The highest BCUT2D eigenvalue weighted by Gasteiger charge is 2.52. The van der Waals surface area contributed by atoms with Crippen molar-refractivity contribution in [3.63, 3.8) is 0 Å². The minimum Gasteiger partial charge on any atom is -0.124 e. The zero-order chi connectivity index (χ0) is 44.5. The molecule has 3 aliphatic rings. The van der Waals surface area contributed by atoms with Crippen LogP contribution < -0.4 is 0 Å². The number of hydrogen-bond acceptors (Lipinski definition) is 0. The van der Waals surface area contributed by atoms with Gasteiger partial charge in [-0.25, -0.2) is 0 Å². The second-order valence-corrected chi connectivity index (χ2v) is 14.6. The van der Waals surface area contributed by atoms with Crippen molar-refractivity contribution < 1.29 is 0 Å². The number of benzene rings is 3. The van der Waals surface area contributed by atoms with Gasteiger partial charge in [0, 0.05) is 5.41 Å². The Labute approximate surface area is 365 Å². The molecule has 0 bridgehead atoms. The van der Waals surface area contributed by atoms with E-state index in [1.165, 1.54) is 55.7 Å². The van der Waals surface area contributed by atoms with Crippen LogP contribution in [0.1, 0.15) is 97.4 Å². The molecule has 1 spiro atoms. The van der Waals surface area contributed by atoms with Crippen LogP contribution in [0.25, 0.3) is 16.7 Å². The predicted molar refractivity (Wildman–Crippen MR) is 269 cm³/mol. The third kappa shape index (κ3) is 8.88. The van der Waals surface area contributed by atoms with Gasteiger partial charge < -0.3 is 0 Å². The first-order valence-corrected chi connectivity index (χ1v) is 21.6. The zero-order valence-corrected chi connectivity index (χ0v) is 38.0. The van der Waals surface area contributed by atoms with Crippen molar-refractivity contribution in [3.05, 3.63) is 245 Å². The number of rotatable bonds is 12. The average molecular weight is 789 g/mol. The lowest BCUT2D eigenvalue weighted by molar-refractivity contribution is 0.413. The molecule has 60 heavy (non-hydrogen) atoms. The zero-order valence-electron chi connectivity index (χ0n) is 38.0. The standard InChI is InChI=1S/C54H54.2C2H6.C2H2/c1-10-15-18-31-50-40(8)39(7)49(25-11-2)54(50)51-32-24-23-30-46(51)47-36-35-42(37-52(47)54)38(6)33-34-41(12-3)45(13-4)48(14-5)53(9,43-26-19-16-20-27-43)44-28-21-17-22-29-44;3*1-2/h11-28,30-37,44H,3-5,8,10,29H2,1-2,6-7,9H3;2*1-2H3;1-2H/b18-15-,25-11-,38-33+,41-34+,48-45-,50-31+;;;. The fourth-order valence-electron chi connectivity index (χ4n) is 8.99. The molecule has 308 valence electrons. The van der Waals surface area contributed by atoms with Crippen LogP contribution in [0.15, 0.2) is 223 Å². The molecule has 0 heteroatoms. The van der Waals surface area contributed by atoms with E-state index < -0.39 is 5.41 Å². The maximum absolute atomic E-state index is 4.67. The molecular formula is C60H68. The van der Waals surface area contributed by atoms with Gasteiger partial charge in [0.25, 0.3) is 0 Å². The van der Waals surface area contributed by atoms with Crippen LogP contribution in [0.4, 0.5) is 0 Å². The Balaban J connectivity index is 0.00000153. The van der Waals surface area contributed by atoms with E-state index in [2.05, 4.69) is 213 Å². The van der Waals surface area contributed by atoms with E-state index in [1.54, 1.807) is 0 Å². The Morgan fingerprint density at radius 2 is 1.52 bits per heavy atom. The largest absolute Gasteiger partial charge is 0.124 e. The minimum atomic E-state index is -0.446. The third-order valence-corrected chi connectivity index (χ3v) is 11.9. The average Bonchev–Trinajstić information content (AvgIpc) is 3.71. The van der Waals surface area contributed by atoms with E-state index in [0.29, 0.717) is 0 Å². The molecule has 0 amide bonds. The Hall–Kier alpha value is -6.16. The van der Waals surface area contributed by atoms with E-state index in [0.717, 1.165) is 35.1 Å². The summed E-state index contributed by atoms with van der Waals surface area (Å²) in [7, 11) is 0. The summed E-state index contributed by atoms with van der Waals surface area (Å²) >= 11 is 0. The van der Waals surface area contributed by atoms with E-state index in [4.69, 9.17) is 0 Å². The summed E-state index contributed by atoms with van der Waals surface area (Å²) in [5, 5.41) is 0. The molecule has 6 rings (SSSR count). The van der Waals surface area contributed by atoms with Crippen LogP contribution in [0.3, 0.4) is 0 Å². The fourth-order valence-corrected chi connectivity index (χ4v) is 8.99. The summed E-state index contributed by atoms with van der Waals surface area (Å²) in [5.41, 5.74) is 16.1. The van der Waals surface area contributed by atoms with Crippen molar-refractivity contribution >= 4 is 5.57 Å². The molecule has 0 radical (unpaired) electrons. The van der Waals surface area contributed by atoms with Crippen molar-refractivity contribution in [1.82, 2.24) is 0 Å². The number of allylic oxidation sites excluding steroid dienone is 22. The highest BCUT2D eigenvalue weighted by Crippen LogP contribution is 2.63. The lowest BCUT2D eigenvalue weighted by Crippen LogP contribution is -2.34. The van der Waals surface area contributed by atoms with E-state index in [-0.39, 0.29) is 11.3 Å². The molecule has 0 fully saturated rings. The van der Waals surface area contributed by atoms with Gasteiger partial charge in [-0.15, -0.1) is 12.8 Å². The molecule has 3 aromatic carbocycles. The number of terminal acetylenes is 1. The van der Waals surface area contributed by atoms with E-state index >= 15 is 0 Å². The molecule has 3 atom stereocenters. The molecule has 0 saturated heterocycles. The normalized spacial score (nSPS) is 19.9. The predicted octanol–water partition coefficient (Wildman–Crippen LogP) is 16.9. The first-order valence-electron chi connectivity index (χ1n) is 21.6. The molecular weight excluding hydrogens is 721 g/mol. The van der Waals surface area contributed by atoms with Crippen LogP contribution in [0, 0.1) is 18.8 Å². The quantitative estimate of drug-likeness (QED) is 0.127. The highest BCUT2D eigenvalue weighted by molar-refractivity contribution is 5.92. The molecule has 0 heterocycles. The molecule has 0 N–H and O–H groups in total. The van der Waals surface area contributed by atoms with Crippen molar-refractivity contribution in [2.24, 2.45) is 5.92 Å². The van der Waals surface area contributed by atoms with Crippen LogP contribution >= 0.6 is 0 Å². The Morgan fingerprint density at radius 1 is 0.850 bits per heavy atom. The third-order valence-electron chi connectivity index (χ3n) is 11.9. The minimum absolute atomic E-state index is 0.257. The topological polar surface area (TPSA) is 0 Å². The highest BCUT2D eigenvalue weighted by atomic mass is 14.5. The molecule has 0 nitrogen and oxygen atoms in total. The van der Waals surface area contributed by atoms with Gasteiger partial charge >= 0.3 is 0 Å². The summed E-state index contributed by atoms with van der Waals surface area (Å²) in [6.45, 7) is 36.7. The Bertz CT molecular complexity index is 2330. The molecule has 0 aliphatic heterocycles. The lowest BCUT2D eigenvalue weighted by atomic mass is 9.63. The first-order chi connectivity index (χ1) is 29.2. The van der Waals surface area contributed by atoms with Gasteiger partial charge in [-0.05, 0) is 124 Å². The molecule has 3 unspecified atom stereocenters. The second kappa shape index (κ2) is 22.8. The van der Waals surface area contributed by atoms with Crippen LogP contribution in [0.2, 0.25) is 0 Å². The monoisotopic (exact) mass is 789 g/mol. The fraction of sp³-hybridized carbons (Fsp3) is 0.233. The van der Waals surface area contributed by atoms with E-state index in [9.17, 15) is 0 Å². The molecule has 0 aromatic heterocycles. The number of fused-ring (bicyclic) bond motifs is 5. The number of hydrogen-bond donors (Lipinski definition) is 0. The van der Waals surface area contributed by atoms with Crippen molar-refractivity contribution in [2.75, 3.05) is 0 Å². The Kier molecular flexibility index (Phi) is 18.4. The second-order valence-electron chi connectivity index (χ2n) is 14.6. The van der Waals surface area contributed by atoms with Crippen molar-refractivity contribution in [2.45, 2.75) is 86.0 Å². The van der Waals surface area contributed by atoms with E-state index in [1.807, 2.05) is 45.9 Å². The van der Waals surface area contributed by atoms with Crippen LogP contribution in [-0.2, 0) is 10.8 Å².